The summed E-state index contributed by atoms with van der Waals surface area (Å²) >= 11 is 0. The van der Waals surface area contributed by atoms with Crippen molar-refractivity contribution >= 4 is 5.91 Å². The maximum absolute atomic E-state index is 12.0. The number of amides is 1. The molecule has 0 aromatic carbocycles. The summed E-state index contributed by atoms with van der Waals surface area (Å²) in [5, 5.41) is 2.94. The van der Waals surface area contributed by atoms with Crippen LogP contribution in [-0.2, 0) is 0 Å². The molecule has 1 aliphatic rings. The van der Waals surface area contributed by atoms with Crippen molar-refractivity contribution < 1.29 is 4.79 Å². The van der Waals surface area contributed by atoms with Crippen LogP contribution >= 0.6 is 0 Å². The summed E-state index contributed by atoms with van der Waals surface area (Å²) in [6, 6.07) is 3.36. The number of rotatable bonds is 3. The topological polar surface area (TPSA) is 65.2 Å². The van der Waals surface area contributed by atoms with Crippen LogP contribution in [0.25, 0.3) is 0 Å². The molecule has 18 heavy (non-hydrogen) atoms. The molecule has 1 fully saturated rings. The van der Waals surface area contributed by atoms with Gasteiger partial charge < -0.3 is 15.2 Å². The van der Waals surface area contributed by atoms with E-state index in [4.69, 9.17) is 0 Å². The fourth-order valence-electron chi connectivity index (χ4n) is 2.32. The van der Waals surface area contributed by atoms with Gasteiger partial charge in [0.15, 0.2) is 0 Å². The van der Waals surface area contributed by atoms with E-state index in [1.54, 1.807) is 12.1 Å². The Morgan fingerprint density at radius 3 is 3.17 bits per heavy atom. The summed E-state index contributed by atoms with van der Waals surface area (Å²) in [7, 11) is 0. The van der Waals surface area contributed by atoms with Crippen molar-refractivity contribution in [1.29, 1.82) is 0 Å². The van der Waals surface area contributed by atoms with E-state index in [1.165, 1.54) is 6.20 Å². The number of aromatic nitrogens is 1. The standard InChI is InChI=1S/C13H19N3O2/c1-2-16-8-4-5-10(9-16)15-13(18)11-6-3-7-14-12(11)17/h3,6-7,10H,2,4-5,8-9H2,1H3,(H,14,17)(H,15,18)/t10-/m0/s1. The minimum absolute atomic E-state index is 0.144. The van der Waals surface area contributed by atoms with Crippen LogP contribution in [0.15, 0.2) is 23.1 Å². The fraction of sp³-hybridized carbons (Fsp3) is 0.538. The minimum atomic E-state index is -0.335. The molecule has 1 aliphatic heterocycles. The molecule has 0 spiro atoms. The third kappa shape index (κ3) is 2.98. The lowest BCUT2D eigenvalue weighted by atomic mass is 10.1. The van der Waals surface area contributed by atoms with Gasteiger partial charge in [0.25, 0.3) is 11.5 Å². The third-order valence-corrected chi connectivity index (χ3v) is 3.35. The zero-order valence-corrected chi connectivity index (χ0v) is 10.6. The number of carbonyl (C=O) groups is 1. The van der Waals surface area contributed by atoms with E-state index in [0.29, 0.717) is 0 Å². The summed E-state index contributed by atoms with van der Waals surface area (Å²) in [4.78, 5) is 28.3. The first kappa shape index (κ1) is 12.8. The highest BCUT2D eigenvalue weighted by atomic mass is 16.2. The predicted octanol–water partition coefficient (Wildman–Crippen LogP) is 0.589. The van der Waals surface area contributed by atoms with E-state index in [-0.39, 0.29) is 23.1 Å². The Hall–Kier alpha value is -1.62. The normalized spacial score (nSPS) is 20.6. The molecule has 0 aliphatic carbocycles. The zero-order valence-electron chi connectivity index (χ0n) is 10.6. The van der Waals surface area contributed by atoms with Crippen LogP contribution in [0.3, 0.4) is 0 Å². The number of hydrogen-bond acceptors (Lipinski definition) is 3. The van der Waals surface area contributed by atoms with Crippen LogP contribution in [0.4, 0.5) is 0 Å². The van der Waals surface area contributed by atoms with Crippen LogP contribution in [0.5, 0.6) is 0 Å². The summed E-state index contributed by atoms with van der Waals surface area (Å²) in [5.41, 5.74) is -0.149. The monoisotopic (exact) mass is 249 g/mol. The van der Waals surface area contributed by atoms with Gasteiger partial charge in [0.05, 0.1) is 0 Å². The lowest BCUT2D eigenvalue weighted by Gasteiger charge is -2.32. The van der Waals surface area contributed by atoms with Crippen LogP contribution < -0.4 is 10.9 Å². The van der Waals surface area contributed by atoms with Crippen molar-refractivity contribution in [3.05, 3.63) is 34.2 Å². The number of hydrogen-bond donors (Lipinski definition) is 2. The summed E-state index contributed by atoms with van der Waals surface area (Å²) in [6.07, 6.45) is 3.59. The number of carbonyl (C=O) groups excluding carboxylic acids is 1. The van der Waals surface area contributed by atoms with E-state index in [9.17, 15) is 9.59 Å². The summed E-state index contributed by atoms with van der Waals surface area (Å²) in [5.74, 6) is -0.278. The van der Waals surface area contributed by atoms with Gasteiger partial charge in [0.2, 0.25) is 0 Å². The molecule has 2 N–H and O–H groups in total. The van der Waals surface area contributed by atoms with Crippen molar-refractivity contribution in [3.8, 4) is 0 Å². The molecular formula is C13H19N3O2. The number of aromatic amines is 1. The molecule has 5 heteroatoms. The number of likely N-dealkylation sites (tertiary alicyclic amines) is 1. The first-order chi connectivity index (χ1) is 8.70. The van der Waals surface area contributed by atoms with Gasteiger partial charge in [-0.25, -0.2) is 0 Å². The molecule has 0 radical (unpaired) electrons. The molecule has 1 aromatic rings. The molecule has 0 saturated carbocycles. The number of pyridine rings is 1. The Balaban J connectivity index is 1.99. The number of nitrogens with one attached hydrogen (secondary N) is 2. The molecule has 1 amide bonds. The average molecular weight is 249 g/mol. The third-order valence-electron chi connectivity index (χ3n) is 3.35. The van der Waals surface area contributed by atoms with Gasteiger partial charge in [-0.05, 0) is 38.1 Å². The predicted molar refractivity (Wildman–Crippen MR) is 69.7 cm³/mol. The van der Waals surface area contributed by atoms with E-state index < -0.39 is 0 Å². The Morgan fingerprint density at radius 2 is 2.44 bits per heavy atom. The number of piperidine rings is 1. The Labute approximate surface area is 106 Å². The zero-order chi connectivity index (χ0) is 13.0. The molecule has 98 valence electrons. The van der Waals surface area contributed by atoms with Crippen LogP contribution in [0, 0.1) is 0 Å². The summed E-state index contributed by atoms with van der Waals surface area (Å²) < 4.78 is 0. The van der Waals surface area contributed by atoms with Crippen molar-refractivity contribution in [2.45, 2.75) is 25.8 Å². The SMILES string of the molecule is CCN1CCC[C@H](NC(=O)c2ccc[nH]c2=O)C1. The van der Waals surface area contributed by atoms with Gasteiger partial charge in [-0.1, -0.05) is 6.92 Å². The Bertz CT molecular complexity index is 469. The lowest BCUT2D eigenvalue weighted by molar-refractivity contribution is 0.0904. The van der Waals surface area contributed by atoms with Gasteiger partial charge in [0.1, 0.15) is 5.56 Å². The Kier molecular flexibility index (Phi) is 4.15. The maximum atomic E-state index is 12.0. The highest BCUT2D eigenvalue weighted by molar-refractivity contribution is 5.93. The van der Waals surface area contributed by atoms with Crippen LogP contribution in [-0.4, -0.2) is 41.5 Å². The van der Waals surface area contributed by atoms with Crippen LogP contribution in [0.2, 0.25) is 0 Å². The average Bonchev–Trinajstić information content (AvgIpc) is 2.39. The van der Waals surface area contributed by atoms with Gasteiger partial charge in [-0.2, -0.15) is 0 Å². The van der Waals surface area contributed by atoms with E-state index in [2.05, 4.69) is 22.1 Å². The second-order valence-corrected chi connectivity index (χ2v) is 4.62. The van der Waals surface area contributed by atoms with Crippen LogP contribution in [0.1, 0.15) is 30.1 Å². The van der Waals surface area contributed by atoms with Crippen molar-refractivity contribution in [2.24, 2.45) is 0 Å². The van der Waals surface area contributed by atoms with Gasteiger partial charge in [-0.3, -0.25) is 9.59 Å². The van der Waals surface area contributed by atoms with Crippen molar-refractivity contribution in [2.75, 3.05) is 19.6 Å². The first-order valence-corrected chi connectivity index (χ1v) is 6.41. The molecule has 0 bridgehead atoms. The number of nitrogens with zero attached hydrogens (tertiary/aromatic N) is 1. The number of likely N-dealkylation sites (N-methyl/N-ethyl adjacent to an activating group) is 1. The first-order valence-electron chi connectivity index (χ1n) is 6.41. The highest BCUT2D eigenvalue weighted by Crippen LogP contribution is 2.09. The largest absolute Gasteiger partial charge is 0.348 e. The second-order valence-electron chi connectivity index (χ2n) is 4.62. The quantitative estimate of drug-likeness (QED) is 0.824. The van der Waals surface area contributed by atoms with Crippen molar-refractivity contribution in [1.82, 2.24) is 15.2 Å². The van der Waals surface area contributed by atoms with E-state index in [0.717, 1.165) is 32.5 Å². The number of H-pyrrole nitrogens is 1. The molecular weight excluding hydrogens is 230 g/mol. The molecule has 2 heterocycles. The molecule has 5 nitrogen and oxygen atoms in total. The maximum Gasteiger partial charge on any atom is 0.260 e. The van der Waals surface area contributed by atoms with E-state index >= 15 is 0 Å². The lowest BCUT2D eigenvalue weighted by Crippen LogP contribution is -2.48. The second kappa shape index (κ2) is 5.82. The van der Waals surface area contributed by atoms with Gasteiger partial charge in [0, 0.05) is 18.8 Å². The minimum Gasteiger partial charge on any atom is -0.348 e. The summed E-state index contributed by atoms with van der Waals surface area (Å²) in [6.45, 7) is 5.08. The van der Waals surface area contributed by atoms with Crippen molar-refractivity contribution in [3.63, 3.8) is 0 Å². The molecule has 1 atom stereocenters. The van der Waals surface area contributed by atoms with E-state index in [1.807, 2.05) is 0 Å². The molecule has 1 aromatic heterocycles. The van der Waals surface area contributed by atoms with Gasteiger partial charge in [-0.15, -0.1) is 0 Å². The Morgan fingerprint density at radius 1 is 1.61 bits per heavy atom. The highest BCUT2D eigenvalue weighted by Gasteiger charge is 2.21. The smallest absolute Gasteiger partial charge is 0.260 e. The molecule has 1 saturated heterocycles. The molecule has 2 rings (SSSR count). The fourth-order valence-corrected chi connectivity index (χ4v) is 2.32. The van der Waals surface area contributed by atoms with Gasteiger partial charge >= 0.3 is 0 Å². The molecule has 0 unspecified atom stereocenters.